The van der Waals surface area contributed by atoms with Gasteiger partial charge in [-0.3, -0.25) is 4.79 Å². The van der Waals surface area contributed by atoms with E-state index in [0.717, 1.165) is 30.8 Å². The predicted octanol–water partition coefficient (Wildman–Crippen LogP) is 5.55. The zero-order valence-corrected chi connectivity index (χ0v) is 19.2. The molecule has 30 heavy (non-hydrogen) atoms. The van der Waals surface area contributed by atoms with Crippen LogP contribution in [0.1, 0.15) is 50.4 Å². The molecule has 2 aliphatic rings. The number of nitrogens with zero attached hydrogens (tertiary/aromatic N) is 2. The van der Waals surface area contributed by atoms with Crippen molar-refractivity contribution in [2.24, 2.45) is 5.92 Å². The molecule has 2 atom stereocenters. The van der Waals surface area contributed by atoms with Gasteiger partial charge in [-0.25, -0.2) is 0 Å². The highest BCUT2D eigenvalue weighted by Crippen LogP contribution is 2.49. The molecule has 2 heterocycles. The first-order chi connectivity index (χ1) is 14.6. The lowest BCUT2D eigenvalue weighted by Crippen LogP contribution is -2.40. The zero-order chi connectivity index (χ0) is 21.1. The standard InChI is InChI=1S/C25H33N3OS/c1-4-18(2)16-26-25(29)20-11-12-24-22(15-20)28(19(3)17-27-13-7-8-14-27)21-9-5-6-10-23(21)30-24/h5-6,9-12,15,18-19H,4,7-8,13-14,16-17H2,1-3H3,(H,26,29)/t18-,19?/m0/s1. The summed E-state index contributed by atoms with van der Waals surface area (Å²) in [5, 5.41) is 3.11. The summed E-state index contributed by atoms with van der Waals surface area (Å²) < 4.78 is 0. The Morgan fingerprint density at radius 3 is 2.57 bits per heavy atom. The number of benzene rings is 2. The summed E-state index contributed by atoms with van der Waals surface area (Å²) in [5.74, 6) is 0.514. The smallest absolute Gasteiger partial charge is 0.251 e. The average Bonchev–Trinajstić information content (AvgIpc) is 3.27. The fraction of sp³-hybridized carbons (Fsp3) is 0.480. The van der Waals surface area contributed by atoms with Crippen LogP contribution in [0, 0.1) is 5.92 Å². The summed E-state index contributed by atoms with van der Waals surface area (Å²) in [6, 6.07) is 15.1. The van der Waals surface area contributed by atoms with Gasteiger partial charge in [0.25, 0.3) is 5.91 Å². The van der Waals surface area contributed by atoms with Crippen LogP contribution < -0.4 is 10.2 Å². The largest absolute Gasteiger partial charge is 0.352 e. The van der Waals surface area contributed by atoms with Crippen molar-refractivity contribution in [3.8, 4) is 0 Å². The van der Waals surface area contributed by atoms with Crippen molar-refractivity contribution in [1.29, 1.82) is 0 Å². The van der Waals surface area contributed by atoms with E-state index < -0.39 is 0 Å². The van der Waals surface area contributed by atoms with E-state index in [1.807, 2.05) is 6.07 Å². The summed E-state index contributed by atoms with van der Waals surface area (Å²) in [5.41, 5.74) is 3.15. The number of amides is 1. The second-order valence-corrected chi connectivity index (χ2v) is 9.79. The number of carbonyl (C=O) groups is 1. The highest BCUT2D eigenvalue weighted by atomic mass is 32.2. The van der Waals surface area contributed by atoms with Gasteiger partial charge in [-0.1, -0.05) is 44.2 Å². The van der Waals surface area contributed by atoms with E-state index in [1.165, 1.54) is 41.4 Å². The normalized spacial score (nSPS) is 17.9. The van der Waals surface area contributed by atoms with Crippen LogP contribution in [-0.4, -0.2) is 43.0 Å². The molecule has 4 rings (SSSR count). The van der Waals surface area contributed by atoms with Crippen molar-refractivity contribution >= 4 is 29.0 Å². The monoisotopic (exact) mass is 423 g/mol. The third kappa shape index (κ3) is 4.52. The average molecular weight is 424 g/mol. The minimum absolute atomic E-state index is 0.0223. The maximum atomic E-state index is 12.8. The molecule has 0 aliphatic carbocycles. The first kappa shape index (κ1) is 21.3. The molecule has 0 saturated carbocycles. The number of hydrogen-bond acceptors (Lipinski definition) is 4. The van der Waals surface area contributed by atoms with Crippen molar-refractivity contribution in [3.63, 3.8) is 0 Å². The molecule has 160 valence electrons. The predicted molar refractivity (Wildman–Crippen MR) is 126 cm³/mol. The molecule has 0 aromatic heterocycles. The Kier molecular flexibility index (Phi) is 6.69. The van der Waals surface area contributed by atoms with Crippen molar-refractivity contribution in [2.75, 3.05) is 31.1 Å². The number of anilines is 2. The first-order valence-corrected chi connectivity index (χ1v) is 12.1. The van der Waals surface area contributed by atoms with Gasteiger partial charge in [0, 0.05) is 34.5 Å². The summed E-state index contributed by atoms with van der Waals surface area (Å²) in [4.78, 5) is 20.3. The van der Waals surface area contributed by atoms with Crippen LogP contribution in [0.2, 0.25) is 0 Å². The van der Waals surface area contributed by atoms with Crippen LogP contribution in [0.3, 0.4) is 0 Å². The van der Waals surface area contributed by atoms with E-state index in [2.05, 4.69) is 72.3 Å². The van der Waals surface area contributed by atoms with E-state index in [9.17, 15) is 4.79 Å². The highest BCUT2D eigenvalue weighted by molar-refractivity contribution is 7.99. The van der Waals surface area contributed by atoms with E-state index >= 15 is 0 Å². The molecule has 1 amide bonds. The number of rotatable bonds is 7. The highest BCUT2D eigenvalue weighted by Gasteiger charge is 2.29. The van der Waals surface area contributed by atoms with Gasteiger partial charge in [0.15, 0.2) is 0 Å². The molecular weight excluding hydrogens is 390 g/mol. The number of para-hydroxylation sites is 1. The van der Waals surface area contributed by atoms with E-state index in [1.54, 1.807) is 11.8 Å². The minimum atomic E-state index is 0.0223. The molecule has 5 heteroatoms. The molecule has 2 aromatic rings. The van der Waals surface area contributed by atoms with Gasteiger partial charge in [-0.15, -0.1) is 0 Å². The minimum Gasteiger partial charge on any atom is -0.352 e. The maximum Gasteiger partial charge on any atom is 0.251 e. The second kappa shape index (κ2) is 9.44. The van der Waals surface area contributed by atoms with Crippen LogP contribution in [-0.2, 0) is 0 Å². The Morgan fingerprint density at radius 2 is 1.80 bits per heavy atom. The quantitative estimate of drug-likeness (QED) is 0.633. The number of likely N-dealkylation sites (tertiary alicyclic amines) is 1. The lowest BCUT2D eigenvalue weighted by molar-refractivity contribution is 0.0948. The number of hydrogen-bond donors (Lipinski definition) is 1. The second-order valence-electron chi connectivity index (χ2n) is 8.70. The first-order valence-electron chi connectivity index (χ1n) is 11.3. The van der Waals surface area contributed by atoms with Crippen molar-refractivity contribution in [2.45, 2.75) is 55.9 Å². The van der Waals surface area contributed by atoms with Crippen LogP contribution in [0.4, 0.5) is 11.4 Å². The molecule has 2 aromatic carbocycles. The number of nitrogens with one attached hydrogen (secondary N) is 1. The van der Waals surface area contributed by atoms with Gasteiger partial charge in [-0.2, -0.15) is 0 Å². The fourth-order valence-electron chi connectivity index (χ4n) is 4.33. The van der Waals surface area contributed by atoms with Gasteiger partial charge in [0.2, 0.25) is 0 Å². The van der Waals surface area contributed by atoms with Crippen molar-refractivity contribution in [1.82, 2.24) is 10.2 Å². The lowest BCUT2D eigenvalue weighted by Gasteiger charge is -2.39. The SMILES string of the molecule is CC[C@H](C)CNC(=O)c1ccc2c(c1)N(C(C)CN1CCCC1)c1ccccc1S2. The molecule has 1 fully saturated rings. The third-order valence-electron chi connectivity index (χ3n) is 6.30. The molecule has 2 aliphatic heterocycles. The van der Waals surface area contributed by atoms with Crippen LogP contribution in [0.15, 0.2) is 52.3 Å². The topological polar surface area (TPSA) is 35.6 Å². The van der Waals surface area contributed by atoms with Crippen LogP contribution in [0.5, 0.6) is 0 Å². The molecule has 4 nitrogen and oxygen atoms in total. The molecule has 1 saturated heterocycles. The molecule has 0 radical (unpaired) electrons. The summed E-state index contributed by atoms with van der Waals surface area (Å²) in [6.07, 6.45) is 3.67. The third-order valence-corrected chi connectivity index (χ3v) is 7.43. The summed E-state index contributed by atoms with van der Waals surface area (Å²) >= 11 is 1.80. The summed E-state index contributed by atoms with van der Waals surface area (Å²) in [7, 11) is 0. The molecular formula is C25H33N3OS. The molecule has 0 bridgehead atoms. The Morgan fingerprint density at radius 1 is 1.07 bits per heavy atom. The fourth-order valence-corrected chi connectivity index (χ4v) is 5.39. The van der Waals surface area contributed by atoms with Gasteiger partial charge in [0.1, 0.15) is 0 Å². The lowest BCUT2D eigenvalue weighted by atomic mass is 10.1. The number of carbonyl (C=O) groups excluding carboxylic acids is 1. The van der Waals surface area contributed by atoms with Crippen molar-refractivity contribution < 1.29 is 4.79 Å². The van der Waals surface area contributed by atoms with E-state index in [4.69, 9.17) is 0 Å². The van der Waals surface area contributed by atoms with Crippen LogP contribution in [0.25, 0.3) is 0 Å². The molecule has 0 spiro atoms. The van der Waals surface area contributed by atoms with Crippen LogP contribution >= 0.6 is 11.8 Å². The Labute approximate surface area is 185 Å². The summed E-state index contributed by atoms with van der Waals surface area (Å²) in [6.45, 7) is 10.8. The molecule has 1 unspecified atom stereocenters. The van der Waals surface area contributed by atoms with Gasteiger partial charge >= 0.3 is 0 Å². The zero-order valence-electron chi connectivity index (χ0n) is 18.4. The van der Waals surface area contributed by atoms with E-state index in [0.29, 0.717) is 12.0 Å². The Balaban J connectivity index is 1.63. The Hall–Kier alpha value is -1.98. The maximum absolute atomic E-state index is 12.8. The molecule has 1 N–H and O–H groups in total. The van der Waals surface area contributed by atoms with Crippen molar-refractivity contribution in [3.05, 3.63) is 48.0 Å². The van der Waals surface area contributed by atoms with E-state index in [-0.39, 0.29) is 5.91 Å². The Bertz CT molecular complexity index is 894. The van der Waals surface area contributed by atoms with Gasteiger partial charge < -0.3 is 15.1 Å². The number of fused-ring (bicyclic) bond motifs is 2. The van der Waals surface area contributed by atoms with Gasteiger partial charge in [-0.05, 0) is 69.1 Å². The van der Waals surface area contributed by atoms with Gasteiger partial charge in [0.05, 0.1) is 11.4 Å².